The molecule has 0 spiro atoms. The molecule has 0 bridgehead atoms. The zero-order chi connectivity index (χ0) is 21.8. The number of allylic oxidation sites excluding steroid dienone is 4. The second-order valence-corrected chi connectivity index (χ2v) is 8.20. The lowest BCUT2D eigenvalue weighted by atomic mass is 9.98. The third-order valence-corrected chi connectivity index (χ3v) is 4.84. The number of ether oxygens (including phenoxy) is 1. The molecule has 0 amide bonds. The molecular weight excluding hydrogens is 368 g/mol. The van der Waals surface area contributed by atoms with Crippen LogP contribution in [0.1, 0.15) is 62.9 Å². The van der Waals surface area contributed by atoms with E-state index in [9.17, 15) is 19.8 Å². The number of carbonyl (C=O) groups excluding carboxylic acids is 2. The zero-order valence-corrected chi connectivity index (χ0v) is 17.8. The van der Waals surface area contributed by atoms with Gasteiger partial charge in [-0.2, -0.15) is 0 Å². The largest absolute Gasteiger partial charge is 0.453 e. The Hall–Kier alpha value is -2.50. The molecule has 0 fully saturated rings. The van der Waals surface area contributed by atoms with Crippen LogP contribution in [0.25, 0.3) is 0 Å². The van der Waals surface area contributed by atoms with E-state index in [0.29, 0.717) is 29.7 Å². The summed E-state index contributed by atoms with van der Waals surface area (Å²) >= 11 is 0. The number of aliphatic hydroxyl groups is 2. The van der Waals surface area contributed by atoms with Crippen molar-refractivity contribution in [1.82, 2.24) is 0 Å². The van der Waals surface area contributed by atoms with Gasteiger partial charge >= 0.3 is 0 Å². The van der Waals surface area contributed by atoms with Gasteiger partial charge in [-0.3, -0.25) is 9.59 Å². The van der Waals surface area contributed by atoms with E-state index in [-0.39, 0.29) is 12.2 Å². The fourth-order valence-electron chi connectivity index (χ4n) is 3.02. The second kappa shape index (κ2) is 8.89. The van der Waals surface area contributed by atoms with Crippen LogP contribution in [-0.4, -0.2) is 33.2 Å². The molecule has 29 heavy (non-hydrogen) atoms. The van der Waals surface area contributed by atoms with Gasteiger partial charge < -0.3 is 14.9 Å². The molecule has 0 aliphatic carbocycles. The highest BCUT2D eigenvalue weighted by Gasteiger charge is 2.46. The van der Waals surface area contributed by atoms with Crippen LogP contribution in [0.15, 0.2) is 53.6 Å². The van der Waals surface area contributed by atoms with Gasteiger partial charge in [-0.25, -0.2) is 0 Å². The van der Waals surface area contributed by atoms with Crippen LogP contribution in [0.5, 0.6) is 5.75 Å². The van der Waals surface area contributed by atoms with E-state index in [2.05, 4.69) is 0 Å². The summed E-state index contributed by atoms with van der Waals surface area (Å²) in [5.74, 6) is -1.99. The van der Waals surface area contributed by atoms with E-state index in [4.69, 9.17) is 4.74 Å². The number of hydrogen-bond acceptors (Lipinski definition) is 5. The number of carbonyl (C=O) groups is 2. The minimum absolute atomic E-state index is 0.0712. The standard InChI is InChI=1S/C24H30O5/c1-16(8-6-9-17(2)19(25)13-14-23(4,5)27)12-15-24(28)22(26)21-18(3)10-7-11-20(21)29-24/h7,9-14,27-28H,6,8,15H2,1-5H3/t24-/m1/s1. The van der Waals surface area contributed by atoms with Crippen LogP contribution in [0.4, 0.5) is 0 Å². The fraction of sp³-hybridized carbons (Fsp3) is 0.417. The van der Waals surface area contributed by atoms with Crippen molar-refractivity contribution in [3.63, 3.8) is 0 Å². The van der Waals surface area contributed by atoms with E-state index >= 15 is 0 Å². The summed E-state index contributed by atoms with van der Waals surface area (Å²) < 4.78 is 5.54. The predicted octanol–water partition coefficient (Wildman–Crippen LogP) is 4.22. The molecule has 1 aromatic carbocycles. The maximum absolute atomic E-state index is 12.6. The first-order valence-electron chi connectivity index (χ1n) is 9.77. The molecule has 5 heteroatoms. The van der Waals surface area contributed by atoms with Gasteiger partial charge in [-0.1, -0.05) is 29.9 Å². The minimum atomic E-state index is -1.86. The van der Waals surface area contributed by atoms with Gasteiger partial charge in [0, 0.05) is 6.42 Å². The van der Waals surface area contributed by atoms with Crippen molar-refractivity contribution in [2.75, 3.05) is 0 Å². The molecule has 0 saturated heterocycles. The Morgan fingerprint density at radius 2 is 1.93 bits per heavy atom. The van der Waals surface area contributed by atoms with Gasteiger partial charge in [0.05, 0.1) is 11.2 Å². The lowest BCUT2D eigenvalue weighted by Gasteiger charge is -2.19. The predicted molar refractivity (Wildman–Crippen MR) is 113 cm³/mol. The number of benzene rings is 1. The maximum Gasteiger partial charge on any atom is 0.276 e. The van der Waals surface area contributed by atoms with Crippen molar-refractivity contribution < 1.29 is 24.5 Å². The number of Topliss-reactive ketones (excluding diaryl/α,β-unsaturated/α-hetero) is 1. The Kier molecular flexibility index (Phi) is 6.98. The monoisotopic (exact) mass is 398 g/mol. The summed E-state index contributed by atoms with van der Waals surface area (Å²) in [4.78, 5) is 24.6. The molecule has 1 atom stereocenters. The highest BCUT2D eigenvalue weighted by atomic mass is 16.6. The SMILES string of the molecule is CC(=CC[C@@]1(O)Oc2cccc(C)c2C1=O)CCC=C(C)C(=O)C=CC(C)(C)O. The van der Waals surface area contributed by atoms with Gasteiger partial charge in [-0.15, -0.1) is 0 Å². The smallest absolute Gasteiger partial charge is 0.276 e. The first-order chi connectivity index (χ1) is 13.4. The third-order valence-electron chi connectivity index (χ3n) is 4.84. The summed E-state index contributed by atoms with van der Waals surface area (Å²) in [5.41, 5.74) is 1.81. The molecular formula is C24H30O5. The average molecular weight is 398 g/mol. The minimum Gasteiger partial charge on any atom is -0.453 e. The van der Waals surface area contributed by atoms with Crippen molar-refractivity contribution in [3.05, 3.63) is 64.8 Å². The number of hydrogen-bond donors (Lipinski definition) is 2. The van der Waals surface area contributed by atoms with Gasteiger partial charge in [0.25, 0.3) is 5.79 Å². The molecule has 1 aromatic rings. The summed E-state index contributed by atoms with van der Waals surface area (Å²) in [7, 11) is 0. The summed E-state index contributed by atoms with van der Waals surface area (Å²) in [6.45, 7) is 8.69. The summed E-state index contributed by atoms with van der Waals surface area (Å²) in [5, 5.41) is 20.3. The number of rotatable bonds is 8. The zero-order valence-electron chi connectivity index (χ0n) is 17.8. The molecule has 2 rings (SSSR count). The van der Waals surface area contributed by atoms with Crippen molar-refractivity contribution in [1.29, 1.82) is 0 Å². The molecule has 1 aliphatic rings. The van der Waals surface area contributed by atoms with E-state index in [0.717, 1.165) is 11.1 Å². The van der Waals surface area contributed by atoms with Crippen molar-refractivity contribution >= 4 is 11.6 Å². The van der Waals surface area contributed by atoms with Gasteiger partial charge in [0.1, 0.15) is 5.75 Å². The van der Waals surface area contributed by atoms with Crippen molar-refractivity contribution in [3.8, 4) is 5.75 Å². The Labute approximate surface area is 172 Å². The fourth-order valence-corrected chi connectivity index (χ4v) is 3.02. The molecule has 0 radical (unpaired) electrons. The molecule has 0 aromatic heterocycles. The maximum atomic E-state index is 12.6. The quantitative estimate of drug-likeness (QED) is 0.506. The van der Waals surface area contributed by atoms with E-state index in [1.165, 1.54) is 12.2 Å². The lowest BCUT2D eigenvalue weighted by molar-refractivity contribution is -0.111. The van der Waals surface area contributed by atoms with Crippen LogP contribution in [0.2, 0.25) is 0 Å². The Bertz CT molecular complexity index is 883. The molecule has 0 unspecified atom stereocenters. The molecule has 2 N–H and O–H groups in total. The van der Waals surface area contributed by atoms with E-state index < -0.39 is 17.2 Å². The topological polar surface area (TPSA) is 83.8 Å². The van der Waals surface area contributed by atoms with Gasteiger partial charge in [0.2, 0.25) is 5.78 Å². The second-order valence-electron chi connectivity index (χ2n) is 8.20. The molecule has 1 heterocycles. The molecule has 5 nitrogen and oxygen atoms in total. The Morgan fingerprint density at radius 3 is 2.55 bits per heavy atom. The number of aryl methyl sites for hydroxylation is 1. The molecule has 1 aliphatic heterocycles. The lowest BCUT2D eigenvalue weighted by Crippen LogP contribution is -2.39. The summed E-state index contributed by atoms with van der Waals surface area (Å²) in [6, 6.07) is 5.30. The van der Waals surface area contributed by atoms with E-state index in [1.54, 1.807) is 39.0 Å². The first-order valence-corrected chi connectivity index (χ1v) is 9.77. The average Bonchev–Trinajstić information content (AvgIpc) is 2.89. The van der Waals surface area contributed by atoms with Crippen LogP contribution in [0.3, 0.4) is 0 Å². The normalized spacial score (nSPS) is 20.2. The van der Waals surface area contributed by atoms with Crippen LogP contribution in [0, 0.1) is 6.92 Å². The highest BCUT2D eigenvalue weighted by molar-refractivity contribution is 6.07. The molecule has 0 saturated carbocycles. The van der Waals surface area contributed by atoms with Crippen molar-refractivity contribution in [2.24, 2.45) is 0 Å². The Balaban J connectivity index is 1.93. The highest BCUT2D eigenvalue weighted by Crippen LogP contribution is 2.37. The number of ketones is 2. The van der Waals surface area contributed by atoms with Crippen LogP contribution in [-0.2, 0) is 4.79 Å². The van der Waals surface area contributed by atoms with Crippen LogP contribution >= 0.6 is 0 Å². The first kappa shape index (κ1) is 22.8. The van der Waals surface area contributed by atoms with Gasteiger partial charge in [0.15, 0.2) is 5.78 Å². The summed E-state index contributed by atoms with van der Waals surface area (Å²) in [6.07, 6.45) is 7.92. The molecule has 156 valence electrons. The van der Waals surface area contributed by atoms with Gasteiger partial charge in [-0.05, 0) is 76.8 Å². The van der Waals surface area contributed by atoms with E-state index in [1.807, 2.05) is 26.0 Å². The number of fused-ring (bicyclic) bond motifs is 1. The third kappa shape index (κ3) is 5.99. The Morgan fingerprint density at radius 1 is 1.24 bits per heavy atom. The van der Waals surface area contributed by atoms with Crippen molar-refractivity contribution in [2.45, 2.75) is 65.3 Å². The van der Waals surface area contributed by atoms with Crippen LogP contribution < -0.4 is 4.74 Å².